The molecule has 0 radical (unpaired) electrons. The zero-order valence-electron chi connectivity index (χ0n) is 18.5. The van der Waals surface area contributed by atoms with Gasteiger partial charge in [-0.05, 0) is 40.5 Å². The van der Waals surface area contributed by atoms with Gasteiger partial charge in [-0.2, -0.15) is 5.10 Å². The van der Waals surface area contributed by atoms with Gasteiger partial charge < -0.3 is 19.7 Å². The van der Waals surface area contributed by atoms with Crippen LogP contribution < -0.4 is 4.74 Å². The number of aromatic hydroxyl groups is 2. The van der Waals surface area contributed by atoms with E-state index in [0.717, 1.165) is 16.7 Å². The highest BCUT2D eigenvalue weighted by atomic mass is 16.5. The molecule has 0 saturated heterocycles. The average Bonchev–Trinajstić information content (AvgIpc) is 3.12. The normalized spacial score (nSPS) is 12.9. The summed E-state index contributed by atoms with van der Waals surface area (Å²) in [6.45, 7) is 8.01. The van der Waals surface area contributed by atoms with Crippen LogP contribution in [0.1, 0.15) is 49.9 Å². The van der Waals surface area contributed by atoms with Crippen molar-refractivity contribution in [3.8, 4) is 17.2 Å². The van der Waals surface area contributed by atoms with Crippen molar-refractivity contribution >= 4 is 5.76 Å². The minimum absolute atomic E-state index is 0.0562. The Labute approximate surface area is 177 Å². The molecule has 2 heterocycles. The Balaban J connectivity index is 2.19. The zero-order chi connectivity index (χ0) is 22.0. The van der Waals surface area contributed by atoms with E-state index in [9.17, 15) is 10.2 Å². The van der Waals surface area contributed by atoms with Crippen LogP contribution in [0, 0.1) is 0 Å². The molecule has 6 heteroatoms. The second kappa shape index (κ2) is 8.69. The number of ether oxygens (including phenoxy) is 2. The summed E-state index contributed by atoms with van der Waals surface area (Å²) in [6, 6.07) is 0. The average molecular weight is 411 g/mol. The van der Waals surface area contributed by atoms with Crippen molar-refractivity contribution in [2.24, 2.45) is 7.05 Å². The molecular formula is C24H30N2O4. The number of hydrogen-bond donors (Lipinski definition) is 2. The highest BCUT2D eigenvalue weighted by molar-refractivity contribution is 5.72. The maximum absolute atomic E-state index is 11.1. The maximum Gasteiger partial charge on any atom is 0.175 e. The van der Waals surface area contributed by atoms with E-state index < -0.39 is 0 Å². The Hall–Kier alpha value is -3.15. The van der Waals surface area contributed by atoms with Crippen LogP contribution in [0.25, 0.3) is 5.76 Å². The van der Waals surface area contributed by atoms with Crippen molar-refractivity contribution < 1.29 is 19.7 Å². The number of benzene rings is 1. The van der Waals surface area contributed by atoms with Crippen molar-refractivity contribution in [1.82, 2.24) is 9.78 Å². The number of aromatic nitrogens is 2. The number of hydrogen-bond acceptors (Lipinski definition) is 5. The minimum Gasteiger partial charge on any atom is -0.507 e. The van der Waals surface area contributed by atoms with Crippen molar-refractivity contribution in [2.75, 3.05) is 7.11 Å². The van der Waals surface area contributed by atoms with Crippen LogP contribution >= 0.6 is 0 Å². The van der Waals surface area contributed by atoms with E-state index >= 15 is 0 Å². The second-order valence-corrected chi connectivity index (χ2v) is 8.07. The predicted molar refractivity (Wildman–Crippen MR) is 118 cm³/mol. The van der Waals surface area contributed by atoms with Gasteiger partial charge in [0.25, 0.3) is 0 Å². The van der Waals surface area contributed by atoms with E-state index in [4.69, 9.17) is 9.47 Å². The van der Waals surface area contributed by atoms with E-state index in [1.54, 1.807) is 18.0 Å². The number of nitrogens with zero attached hydrogens (tertiary/aromatic N) is 2. The molecular weight excluding hydrogens is 380 g/mol. The number of fused-ring (bicyclic) bond motifs is 1. The molecule has 1 aliphatic heterocycles. The van der Waals surface area contributed by atoms with Gasteiger partial charge in [0.1, 0.15) is 23.0 Å². The topological polar surface area (TPSA) is 76.7 Å². The molecule has 30 heavy (non-hydrogen) atoms. The van der Waals surface area contributed by atoms with Gasteiger partial charge in [0.15, 0.2) is 5.76 Å². The largest absolute Gasteiger partial charge is 0.507 e. The van der Waals surface area contributed by atoms with Gasteiger partial charge in [0.05, 0.1) is 18.9 Å². The third-order valence-electron chi connectivity index (χ3n) is 5.13. The molecule has 0 saturated carbocycles. The molecule has 0 fully saturated rings. The quantitative estimate of drug-likeness (QED) is 0.669. The van der Waals surface area contributed by atoms with E-state index in [2.05, 4.69) is 5.10 Å². The lowest BCUT2D eigenvalue weighted by Crippen LogP contribution is -2.14. The summed E-state index contributed by atoms with van der Waals surface area (Å²) in [5.41, 5.74) is 4.84. The lowest BCUT2D eigenvalue weighted by molar-refractivity contribution is 0.263. The van der Waals surface area contributed by atoms with Gasteiger partial charge in [-0.1, -0.05) is 23.3 Å². The predicted octanol–water partition coefficient (Wildman–Crippen LogP) is 4.80. The van der Waals surface area contributed by atoms with Crippen molar-refractivity contribution in [1.29, 1.82) is 0 Å². The fourth-order valence-electron chi connectivity index (χ4n) is 3.48. The molecule has 160 valence electrons. The van der Waals surface area contributed by atoms with E-state index in [1.807, 2.05) is 53.1 Å². The third kappa shape index (κ3) is 4.22. The Bertz CT molecular complexity index is 1050. The molecule has 3 rings (SSSR count). The molecule has 0 spiro atoms. The summed E-state index contributed by atoms with van der Waals surface area (Å²) >= 11 is 0. The first kappa shape index (κ1) is 21.6. The first-order valence-corrected chi connectivity index (χ1v) is 10.0. The summed E-state index contributed by atoms with van der Waals surface area (Å²) in [5, 5.41) is 26.3. The number of rotatable bonds is 6. The first-order chi connectivity index (χ1) is 14.2. The zero-order valence-corrected chi connectivity index (χ0v) is 18.5. The SMILES string of the molecule is COC1=C(c2cnn(C)c2)Oc2c(CC=C(C)C)c(O)c(CC=C(C)C)c(O)c2C1. The molecule has 0 amide bonds. The Morgan fingerprint density at radius 2 is 1.73 bits per heavy atom. The molecule has 1 aliphatic rings. The highest BCUT2D eigenvalue weighted by Crippen LogP contribution is 2.48. The molecule has 6 nitrogen and oxygen atoms in total. The van der Waals surface area contributed by atoms with Crippen LogP contribution in [0.4, 0.5) is 0 Å². The number of phenolic OH excluding ortho intramolecular Hbond substituents is 2. The number of phenols is 2. The first-order valence-electron chi connectivity index (χ1n) is 10.0. The smallest absolute Gasteiger partial charge is 0.175 e. The molecule has 0 bridgehead atoms. The molecule has 2 aromatic rings. The fraction of sp³-hybridized carbons (Fsp3) is 0.375. The lowest BCUT2D eigenvalue weighted by atomic mass is 9.92. The Kier molecular flexibility index (Phi) is 6.25. The monoisotopic (exact) mass is 410 g/mol. The van der Waals surface area contributed by atoms with Crippen LogP contribution in [0.15, 0.2) is 41.5 Å². The van der Waals surface area contributed by atoms with Gasteiger partial charge in [0, 0.05) is 36.4 Å². The Morgan fingerprint density at radius 1 is 1.10 bits per heavy atom. The summed E-state index contributed by atoms with van der Waals surface area (Å²) in [6.07, 6.45) is 8.89. The van der Waals surface area contributed by atoms with Gasteiger partial charge >= 0.3 is 0 Å². The fourth-order valence-corrected chi connectivity index (χ4v) is 3.48. The minimum atomic E-state index is 0.0562. The standard InChI is InChI=1S/C24H30N2O4/c1-14(2)7-9-17-21(27)18(10-8-15(3)4)24-19(22(17)28)11-20(29-6)23(30-24)16-12-25-26(5)13-16/h7-8,12-13,27-28H,9-11H2,1-6H3. The van der Waals surface area contributed by atoms with Gasteiger partial charge in [-0.3, -0.25) is 4.68 Å². The van der Waals surface area contributed by atoms with Crippen LogP contribution in [0.2, 0.25) is 0 Å². The third-order valence-corrected chi connectivity index (χ3v) is 5.13. The molecule has 1 aromatic carbocycles. The van der Waals surface area contributed by atoms with Crippen molar-refractivity contribution in [3.63, 3.8) is 0 Å². The maximum atomic E-state index is 11.1. The summed E-state index contributed by atoms with van der Waals surface area (Å²) in [7, 11) is 3.42. The molecule has 1 aromatic heterocycles. The van der Waals surface area contributed by atoms with Crippen LogP contribution in [0.3, 0.4) is 0 Å². The highest BCUT2D eigenvalue weighted by Gasteiger charge is 2.31. The molecule has 2 N–H and O–H groups in total. The van der Waals surface area contributed by atoms with Crippen molar-refractivity contribution in [2.45, 2.75) is 47.0 Å². The molecule has 0 unspecified atom stereocenters. The molecule has 0 aliphatic carbocycles. The summed E-state index contributed by atoms with van der Waals surface area (Å²) < 4.78 is 13.6. The van der Waals surface area contributed by atoms with Crippen molar-refractivity contribution in [3.05, 3.63) is 63.7 Å². The summed E-state index contributed by atoms with van der Waals surface area (Å²) in [5.74, 6) is 1.78. The number of methoxy groups -OCH3 is 1. The number of allylic oxidation sites excluding steroid dienone is 5. The summed E-state index contributed by atoms with van der Waals surface area (Å²) in [4.78, 5) is 0. The van der Waals surface area contributed by atoms with E-state index in [0.29, 0.717) is 53.2 Å². The van der Waals surface area contributed by atoms with Gasteiger partial charge in [-0.15, -0.1) is 0 Å². The van der Waals surface area contributed by atoms with Gasteiger partial charge in [-0.25, -0.2) is 0 Å². The van der Waals surface area contributed by atoms with Crippen LogP contribution in [-0.2, 0) is 31.0 Å². The lowest BCUT2D eigenvalue weighted by Gasteiger charge is -2.27. The van der Waals surface area contributed by atoms with E-state index in [-0.39, 0.29) is 11.5 Å². The second-order valence-electron chi connectivity index (χ2n) is 8.07. The van der Waals surface area contributed by atoms with Gasteiger partial charge in [0.2, 0.25) is 0 Å². The Morgan fingerprint density at radius 3 is 2.27 bits per heavy atom. The van der Waals surface area contributed by atoms with Crippen LogP contribution in [0.5, 0.6) is 17.2 Å². The number of aryl methyl sites for hydroxylation is 1. The molecule has 0 atom stereocenters. The van der Waals surface area contributed by atoms with Crippen LogP contribution in [-0.4, -0.2) is 27.1 Å². The van der Waals surface area contributed by atoms with E-state index in [1.165, 1.54) is 0 Å².